The second kappa shape index (κ2) is 7.58. The molecular weight excluding hydrogens is 293 g/mol. The molecule has 0 aromatic heterocycles. The summed E-state index contributed by atoms with van der Waals surface area (Å²) in [6, 6.07) is 13.6. The Balaban J connectivity index is 2.05. The third-order valence-electron chi connectivity index (χ3n) is 3.79. The molecule has 2 aromatic rings. The number of hydrogen-bond acceptors (Lipinski definition) is 2. The molecule has 0 saturated carbocycles. The van der Waals surface area contributed by atoms with Gasteiger partial charge >= 0.3 is 0 Å². The van der Waals surface area contributed by atoms with Crippen molar-refractivity contribution in [2.45, 2.75) is 13.0 Å². The maximum Gasteiger partial charge on any atom is 0.246 e. The van der Waals surface area contributed by atoms with Crippen molar-refractivity contribution >= 4 is 12.0 Å². The molecular formula is C19H20FNO2. The minimum Gasteiger partial charge on any atom is -0.497 e. The lowest BCUT2D eigenvalue weighted by Gasteiger charge is -2.24. The van der Waals surface area contributed by atoms with Crippen molar-refractivity contribution in [3.8, 4) is 5.75 Å². The summed E-state index contributed by atoms with van der Waals surface area (Å²) in [7, 11) is 3.36. The fourth-order valence-electron chi connectivity index (χ4n) is 2.19. The van der Waals surface area contributed by atoms with Crippen molar-refractivity contribution in [2.75, 3.05) is 14.2 Å². The normalized spacial score (nSPS) is 12.2. The minimum atomic E-state index is -0.320. The molecule has 1 amide bonds. The average molecular weight is 313 g/mol. The molecule has 4 heteroatoms. The Hall–Kier alpha value is -2.62. The summed E-state index contributed by atoms with van der Waals surface area (Å²) >= 11 is 0. The number of likely N-dealkylation sites (N-methyl/N-ethyl adjacent to an activating group) is 1. The summed E-state index contributed by atoms with van der Waals surface area (Å²) in [4.78, 5) is 13.9. The Morgan fingerprint density at radius 2 is 1.91 bits per heavy atom. The number of carbonyl (C=O) groups is 1. The number of amides is 1. The second-order valence-corrected chi connectivity index (χ2v) is 5.29. The lowest BCUT2D eigenvalue weighted by atomic mass is 10.1. The largest absolute Gasteiger partial charge is 0.497 e. The second-order valence-electron chi connectivity index (χ2n) is 5.29. The van der Waals surface area contributed by atoms with Crippen molar-refractivity contribution < 1.29 is 13.9 Å². The maximum atomic E-state index is 13.1. The number of nitrogens with zero attached hydrogens (tertiary/aromatic N) is 1. The van der Waals surface area contributed by atoms with Gasteiger partial charge in [-0.3, -0.25) is 4.79 Å². The van der Waals surface area contributed by atoms with Gasteiger partial charge in [-0.2, -0.15) is 0 Å². The van der Waals surface area contributed by atoms with Gasteiger partial charge in [0.25, 0.3) is 0 Å². The highest BCUT2D eigenvalue weighted by atomic mass is 19.1. The molecule has 2 rings (SSSR count). The first kappa shape index (κ1) is 16.7. The van der Waals surface area contributed by atoms with Gasteiger partial charge in [-0.1, -0.05) is 24.3 Å². The summed E-state index contributed by atoms with van der Waals surface area (Å²) in [5.41, 5.74) is 1.67. The van der Waals surface area contributed by atoms with E-state index in [2.05, 4.69) is 0 Å². The van der Waals surface area contributed by atoms with Crippen LogP contribution in [0, 0.1) is 5.82 Å². The van der Waals surface area contributed by atoms with Gasteiger partial charge in [-0.05, 0) is 48.4 Å². The molecule has 0 spiro atoms. The molecule has 0 heterocycles. The monoisotopic (exact) mass is 313 g/mol. The number of halogens is 1. The SMILES string of the molecule is COc1ccc(C(C)N(C)C(=O)/C=C/c2cccc(F)c2)cc1. The maximum absolute atomic E-state index is 13.1. The van der Waals surface area contributed by atoms with Gasteiger partial charge in [-0.15, -0.1) is 0 Å². The van der Waals surface area contributed by atoms with Crippen LogP contribution in [0.4, 0.5) is 4.39 Å². The van der Waals surface area contributed by atoms with E-state index in [4.69, 9.17) is 4.74 Å². The van der Waals surface area contributed by atoms with Crippen LogP contribution in [0.15, 0.2) is 54.6 Å². The molecule has 120 valence electrons. The predicted octanol–water partition coefficient (Wildman–Crippen LogP) is 4.07. The summed E-state index contributed by atoms with van der Waals surface area (Å²) < 4.78 is 18.3. The quantitative estimate of drug-likeness (QED) is 0.779. The Morgan fingerprint density at radius 1 is 1.22 bits per heavy atom. The van der Waals surface area contributed by atoms with Crippen LogP contribution in [0.1, 0.15) is 24.1 Å². The molecule has 1 unspecified atom stereocenters. The molecule has 2 aromatic carbocycles. The Morgan fingerprint density at radius 3 is 2.52 bits per heavy atom. The molecule has 0 saturated heterocycles. The lowest BCUT2D eigenvalue weighted by molar-refractivity contribution is -0.126. The van der Waals surface area contributed by atoms with Crippen LogP contribution in [-0.2, 0) is 4.79 Å². The molecule has 1 atom stereocenters. The van der Waals surface area contributed by atoms with Gasteiger partial charge < -0.3 is 9.64 Å². The van der Waals surface area contributed by atoms with Crippen LogP contribution in [0.3, 0.4) is 0 Å². The first-order chi connectivity index (χ1) is 11.0. The van der Waals surface area contributed by atoms with Crippen LogP contribution in [0.2, 0.25) is 0 Å². The standard InChI is InChI=1S/C19H20FNO2/c1-14(16-8-10-18(23-3)11-9-16)21(2)19(22)12-7-15-5-4-6-17(20)13-15/h4-14H,1-3H3/b12-7+. The highest BCUT2D eigenvalue weighted by Crippen LogP contribution is 2.22. The topological polar surface area (TPSA) is 29.5 Å². The molecule has 23 heavy (non-hydrogen) atoms. The zero-order valence-electron chi connectivity index (χ0n) is 13.5. The van der Waals surface area contributed by atoms with Crippen LogP contribution >= 0.6 is 0 Å². The van der Waals surface area contributed by atoms with E-state index in [0.717, 1.165) is 11.3 Å². The van der Waals surface area contributed by atoms with E-state index in [9.17, 15) is 9.18 Å². The number of ether oxygens (including phenoxy) is 1. The fraction of sp³-hybridized carbons (Fsp3) is 0.211. The number of hydrogen-bond donors (Lipinski definition) is 0. The minimum absolute atomic E-state index is 0.0782. The molecule has 0 aliphatic rings. The Kier molecular flexibility index (Phi) is 5.52. The van der Waals surface area contributed by atoms with Crippen LogP contribution in [0.25, 0.3) is 6.08 Å². The van der Waals surface area contributed by atoms with Gasteiger partial charge in [0.05, 0.1) is 13.2 Å². The van der Waals surface area contributed by atoms with E-state index < -0.39 is 0 Å². The Labute approximate surface area is 136 Å². The van der Waals surface area contributed by atoms with Crippen LogP contribution < -0.4 is 4.74 Å². The molecule has 0 fully saturated rings. The first-order valence-electron chi connectivity index (χ1n) is 7.35. The predicted molar refractivity (Wildman–Crippen MR) is 89.6 cm³/mol. The van der Waals surface area contributed by atoms with E-state index >= 15 is 0 Å². The first-order valence-corrected chi connectivity index (χ1v) is 7.35. The van der Waals surface area contributed by atoms with E-state index in [1.165, 1.54) is 18.2 Å². The molecule has 0 aliphatic heterocycles. The van der Waals surface area contributed by atoms with Crippen molar-refractivity contribution in [3.63, 3.8) is 0 Å². The smallest absolute Gasteiger partial charge is 0.246 e. The van der Waals surface area contributed by atoms with Crippen molar-refractivity contribution in [1.82, 2.24) is 4.90 Å². The zero-order valence-corrected chi connectivity index (χ0v) is 13.5. The van der Waals surface area contributed by atoms with Gasteiger partial charge in [0.2, 0.25) is 5.91 Å². The summed E-state index contributed by atoms with van der Waals surface area (Å²) in [5, 5.41) is 0. The van der Waals surface area contributed by atoms with E-state index in [0.29, 0.717) is 5.56 Å². The lowest BCUT2D eigenvalue weighted by Crippen LogP contribution is -2.27. The van der Waals surface area contributed by atoms with Crippen LogP contribution in [-0.4, -0.2) is 25.0 Å². The summed E-state index contributed by atoms with van der Waals surface area (Å²) in [6.07, 6.45) is 3.07. The van der Waals surface area contributed by atoms with Gasteiger partial charge in [0.15, 0.2) is 0 Å². The fourth-order valence-corrected chi connectivity index (χ4v) is 2.19. The van der Waals surface area contributed by atoms with Gasteiger partial charge in [0, 0.05) is 13.1 Å². The third-order valence-corrected chi connectivity index (χ3v) is 3.79. The molecule has 0 N–H and O–H groups in total. The van der Waals surface area contributed by atoms with Crippen molar-refractivity contribution in [3.05, 3.63) is 71.6 Å². The average Bonchev–Trinajstić information content (AvgIpc) is 2.58. The van der Waals surface area contributed by atoms with Crippen molar-refractivity contribution in [1.29, 1.82) is 0 Å². The third kappa shape index (κ3) is 4.42. The molecule has 0 aliphatic carbocycles. The number of rotatable bonds is 5. The number of methoxy groups -OCH3 is 1. The van der Waals surface area contributed by atoms with E-state index in [1.807, 2.05) is 31.2 Å². The summed E-state index contributed by atoms with van der Waals surface area (Å²) in [6.45, 7) is 1.95. The summed E-state index contributed by atoms with van der Waals surface area (Å²) in [5.74, 6) is 0.318. The molecule has 3 nitrogen and oxygen atoms in total. The highest BCUT2D eigenvalue weighted by molar-refractivity contribution is 5.91. The molecule has 0 bridgehead atoms. The van der Waals surface area contributed by atoms with E-state index in [-0.39, 0.29) is 17.8 Å². The highest BCUT2D eigenvalue weighted by Gasteiger charge is 2.15. The molecule has 0 radical (unpaired) electrons. The Bertz CT molecular complexity index is 695. The van der Waals surface area contributed by atoms with E-state index in [1.54, 1.807) is 37.3 Å². The van der Waals surface area contributed by atoms with Crippen LogP contribution in [0.5, 0.6) is 5.75 Å². The van der Waals surface area contributed by atoms with Crippen molar-refractivity contribution in [2.24, 2.45) is 0 Å². The number of benzene rings is 2. The van der Waals surface area contributed by atoms with Gasteiger partial charge in [-0.25, -0.2) is 4.39 Å². The van der Waals surface area contributed by atoms with Gasteiger partial charge in [0.1, 0.15) is 11.6 Å². The zero-order chi connectivity index (χ0) is 16.8. The number of carbonyl (C=O) groups excluding carboxylic acids is 1.